The average Bonchev–Trinajstić information content (AvgIpc) is 2.96. The van der Waals surface area contributed by atoms with E-state index in [2.05, 4.69) is 0 Å². The van der Waals surface area contributed by atoms with E-state index < -0.39 is 29.3 Å². The summed E-state index contributed by atoms with van der Waals surface area (Å²) in [5, 5.41) is 10.8. The minimum atomic E-state index is -4.52. The first-order chi connectivity index (χ1) is 7.94. The van der Waals surface area contributed by atoms with Crippen molar-refractivity contribution in [1.82, 2.24) is 10.2 Å². The van der Waals surface area contributed by atoms with Crippen LogP contribution in [0, 0.1) is 0 Å². The molecule has 0 aromatic rings. The Hall–Kier alpha value is -1.47. The highest BCUT2D eigenvalue weighted by Crippen LogP contribution is 2.49. The van der Waals surface area contributed by atoms with Crippen LogP contribution >= 0.6 is 0 Å². The van der Waals surface area contributed by atoms with E-state index in [4.69, 9.17) is 5.11 Å². The molecule has 5 nitrogen and oxygen atoms in total. The van der Waals surface area contributed by atoms with Crippen molar-refractivity contribution in [2.75, 3.05) is 7.05 Å². The summed E-state index contributed by atoms with van der Waals surface area (Å²) in [5.74, 6) is -1.29. The highest BCUT2D eigenvalue weighted by Gasteiger charge is 2.64. The monoisotopic (exact) mass is 268 g/mol. The Kier molecular flexibility index (Phi) is 3.27. The summed E-state index contributed by atoms with van der Waals surface area (Å²) in [4.78, 5) is 23.3. The smallest absolute Gasteiger partial charge is 0.411 e. The molecule has 0 aliphatic heterocycles. The molecule has 104 valence electrons. The van der Waals surface area contributed by atoms with Gasteiger partial charge in [0, 0.05) is 7.05 Å². The number of urea groups is 1. The molecule has 0 atom stereocenters. The van der Waals surface area contributed by atoms with Crippen LogP contribution in [0.15, 0.2) is 0 Å². The molecule has 2 N–H and O–H groups in total. The maximum Gasteiger partial charge on any atom is 0.411 e. The first-order valence-electron chi connectivity index (χ1n) is 5.30. The van der Waals surface area contributed by atoms with Gasteiger partial charge in [0.2, 0.25) is 0 Å². The SMILES string of the molecule is CN(C(=O)NC1(C(F)(F)F)CC1)C(C)(C)C(=O)O. The summed E-state index contributed by atoms with van der Waals surface area (Å²) in [6.45, 7) is 2.48. The number of carboxylic acid groups (broad SMARTS) is 1. The number of alkyl halides is 3. The van der Waals surface area contributed by atoms with E-state index in [9.17, 15) is 22.8 Å². The average molecular weight is 268 g/mol. The fourth-order valence-corrected chi connectivity index (χ4v) is 1.29. The summed E-state index contributed by atoms with van der Waals surface area (Å²) in [6.07, 6.45) is -4.87. The Balaban J connectivity index is 2.76. The molecular weight excluding hydrogens is 253 g/mol. The molecule has 0 radical (unpaired) electrons. The number of carboxylic acids is 1. The third-order valence-corrected chi connectivity index (χ3v) is 3.31. The number of aliphatic carboxylic acids is 1. The summed E-state index contributed by atoms with van der Waals surface area (Å²) < 4.78 is 37.9. The number of carbonyl (C=O) groups excluding carboxylic acids is 1. The van der Waals surface area contributed by atoms with Crippen molar-refractivity contribution in [2.45, 2.75) is 43.9 Å². The van der Waals surface area contributed by atoms with Gasteiger partial charge in [-0.3, -0.25) is 0 Å². The van der Waals surface area contributed by atoms with E-state index in [1.807, 2.05) is 5.32 Å². The van der Waals surface area contributed by atoms with Crippen LogP contribution in [0.2, 0.25) is 0 Å². The van der Waals surface area contributed by atoms with Crippen molar-refractivity contribution in [3.05, 3.63) is 0 Å². The lowest BCUT2D eigenvalue weighted by Gasteiger charge is -2.33. The highest BCUT2D eigenvalue weighted by molar-refractivity contribution is 5.85. The number of likely N-dealkylation sites (N-methyl/N-ethyl adjacent to an activating group) is 1. The summed E-state index contributed by atoms with van der Waals surface area (Å²) in [6, 6.07) is -1.04. The fourth-order valence-electron chi connectivity index (χ4n) is 1.29. The summed E-state index contributed by atoms with van der Waals surface area (Å²) in [7, 11) is 1.15. The molecule has 0 saturated heterocycles. The van der Waals surface area contributed by atoms with Crippen molar-refractivity contribution in [3.63, 3.8) is 0 Å². The molecule has 0 unspecified atom stereocenters. The van der Waals surface area contributed by atoms with Crippen molar-refractivity contribution in [2.24, 2.45) is 0 Å². The Morgan fingerprint density at radius 1 is 1.28 bits per heavy atom. The first-order valence-corrected chi connectivity index (χ1v) is 5.30. The molecule has 0 aromatic heterocycles. The molecule has 1 aliphatic rings. The van der Waals surface area contributed by atoms with Gasteiger partial charge in [0.05, 0.1) is 0 Å². The standard InChI is InChI=1S/C10H15F3N2O3/c1-8(2,6(16)17)15(3)7(18)14-9(4-5-9)10(11,12)13/h4-5H2,1-3H3,(H,14,18)(H,16,17). The molecule has 0 aromatic carbocycles. The molecule has 1 aliphatic carbocycles. The summed E-state index contributed by atoms with van der Waals surface area (Å²) in [5.41, 5.74) is -3.77. The van der Waals surface area contributed by atoms with E-state index in [-0.39, 0.29) is 12.8 Å². The number of nitrogens with zero attached hydrogens (tertiary/aromatic N) is 1. The van der Waals surface area contributed by atoms with Gasteiger partial charge in [-0.2, -0.15) is 13.2 Å². The number of amides is 2. The number of nitrogens with one attached hydrogen (secondary N) is 1. The van der Waals surface area contributed by atoms with Gasteiger partial charge in [0.1, 0.15) is 11.1 Å². The van der Waals surface area contributed by atoms with Crippen LogP contribution in [0.1, 0.15) is 26.7 Å². The van der Waals surface area contributed by atoms with Crippen molar-refractivity contribution >= 4 is 12.0 Å². The van der Waals surface area contributed by atoms with Crippen molar-refractivity contribution < 1.29 is 27.9 Å². The van der Waals surface area contributed by atoms with Gasteiger partial charge in [-0.1, -0.05) is 0 Å². The quantitative estimate of drug-likeness (QED) is 0.816. The first kappa shape index (κ1) is 14.6. The van der Waals surface area contributed by atoms with Crippen LogP contribution in [-0.2, 0) is 4.79 Å². The topological polar surface area (TPSA) is 69.6 Å². The zero-order valence-corrected chi connectivity index (χ0v) is 10.3. The molecule has 0 bridgehead atoms. The normalized spacial score (nSPS) is 18.1. The number of hydrogen-bond donors (Lipinski definition) is 2. The van der Waals surface area contributed by atoms with Gasteiger partial charge < -0.3 is 15.3 Å². The maximum atomic E-state index is 12.6. The van der Waals surface area contributed by atoms with Crippen molar-refractivity contribution in [1.29, 1.82) is 0 Å². The van der Waals surface area contributed by atoms with E-state index in [1.54, 1.807) is 0 Å². The fraction of sp³-hybridized carbons (Fsp3) is 0.800. The maximum absolute atomic E-state index is 12.6. The molecule has 0 heterocycles. The summed E-state index contributed by atoms with van der Waals surface area (Å²) >= 11 is 0. The van der Waals surface area contributed by atoms with Gasteiger partial charge in [0.25, 0.3) is 0 Å². The van der Waals surface area contributed by atoms with E-state index >= 15 is 0 Å². The zero-order valence-electron chi connectivity index (χ0n) is 10.3. The third-order valence-electron chi connectivity index (χ3n) is 3.31. The molecule has 1 fully saturated rings. The second-order valence-corrected chi connectivity index (χ2v) is 4.93. The largest absolute Gasteiger partial charge is 0.480 e. The zero-order chi connectivity index (χ0) is 14.4. The van der Waals surface area contributed by atoms with Gasteiger partial charge in [-0.25, -0.2) is 9.59 Å². The van der Waals surface area contributed by atoms with Gasteiger partial charge in [0.15, 0.2) is 0 Å². The lowest BCUT2D eigenvalue weighted by atomic mass is 10.0. The predicted octanol–water partition coefficient (Wildman–Crippen LogP) is 1.59. The van der Waals surface area contributed by atoms with Crippen LogP contribution in [0.5, 0.6) is 0 Å². The number of carbonyl (C=O) groups is 2. The van der Waals surface area contributed by atoms with Gasteiger partial charge in [-0.15, -0.1) is 0 Å². The molecule has 2 amide bonds. The predicted molar refractivity (Wildman–Crippen MR) is 56.0 cm³/mol. The highest BCUT2D eigenvalue weighted by atomic mass is 19.4. The Morgan fingerprint density at radius 3 is 2.00 bits per heavy atom. The second kappa shape index (κ2) is 4.03. The second-order valence-electron chi connectivity index (χ2n) is 4.93. The van der Waals surface area contributed by atoms with Gasteiger partial charge in [-0.05, 0) is 26.7 Å². The number of rotatable bonds is 3. The van der Waals surface area contributed by atoms with Crippen LogP contribution in [0.4, 0.5) is 18.0 Å². The lowest BCUT2D eigenvalue weighted by Crippen LogP contribution is -2.58. The molecule has 0 spiro atoms. The minimum absolute atomic E-state index is 0.177. The number of hydrogen-bond acceptors (Lipinski definition) is 2. The molecule has 18 heavy (non-hydrogen) atoms. The number of halogens is 3. The van der Waals surface area contributed by atoms with E-state index in [0.717, 1.165) is 11.9 Å². The lowest BCUT2D eigenvalue weighted by molar-refractivity contribution is -0.163. The molecular formula is C10H15F3N2O3. The van der Waals surface area contributed by atoms with Crippen LogP contribution in [0.25, 0.3) is 0 Å². The van der Waals surface area contributed by atoms with Crippen molar-refractivity contribution in [3.8, 4) is 0 Å². The Morgan fingerprint density at radius 2 is 1.72 bits per heavy atom. The third kappa shape index (κ3) is 2.37. The minimum Gasteiger partial charge on any atom is -0.480 e. The Bertz CT molecular complexity index is 375. The molecule has 8 heteroatoms. The van der Waals surface area contributed by atoms with Gasteiger partial charge >= 0.3 is 18.2 Å². The molecule has 1 rings (SSSR count). The van der Waals surface area contributed by atoms with Crippen LogP contribution < -0.4 is 5.32 Å². The van der Waals surface area contributed by atoms with Crippen LogP contribution in [0.3, 0.4) is 0 Å². The van der Waals surface area contributed by atoms with Crippen LogP contribution in [-0.4, -0.2) is 46.3 Å². The molecule has 1 saturated carbocycles. The Labute approximate surface area is 102 Å². The van der Waals surface area contributed by atoms with E-state index in [1.165, 1.54) is 13.8 Å². The van der Waals surface area contributed by atoms with E-state index in [0.29, 0.717) is 0 Å².